The number of carbonyl (C=O) groups excluding carboxylic acids is 1. The summed E-state index contributed by atoms with van der Waals surface area (Å²) in [6.07, 6.45) is 0. The summed E-state index contributed by atoms with van der Waals surface area (Å²) in [6, 6.07) is 11.8. The number of rotatable bonds is 9. The number of aryl methyl sites for hydroxylation is 2. The van der Waals surface area contributed by atoms with E-state index < -0.39 is 0 Å². The highest BCUT2D eigenvalue weighted by Crippen LogP contribution is 2.29. The van der Waals surface area contributed by atoms with Crippen molar-refractivity contribution < 1.29 is 18.7 Å². The van der Waals surface area contributed by atoms with Crippen LogP contribution in [0.5, 0.6) is 11.5 Å². The molecule has 0 aliphatic rings. The molecule has 8 heteroatoms. The van der Waals surface area contributed by atoms with Gasteiger partial charge in [0.05, 0.1) is 18.6 Å². The number of thioether (sulfide) groups is 1. The van der Waals surface area contributed by atoms with Gasteiger partial charge in [0.25, 0.3) is 11.1 Å². The summed E-state index contributed by atoms with van der Waals surface area (Å²) < 4.78 is 16.8. The molecule has 1 aromatic heterocycles. The Morgan fingerprint density at radius 2 is 1.84 bits per heavy atom. The Morgan fingerprint density at radius 1 is 1.10 bits per heavy atom. The fourth-order valence-electron chi connectivity index (χ4n) is 2.97. The van der Waals surface area contributed by atoms with Crippen LogP contribution >= 0.6 is 11.8 Å². The Kier molecular flexibility index (Phi) is 7.57. The lowest BCUT2D eigenvalue weighted by Gasteiger charge is -2.13. The van der Waals surface area contributed by atoms with E-state index in [1.54, 1.807) is 7.11 Å². The van der Waals surface area contributed by atoms with Crippen molar-refractivity contribution in [3.05, 3.63) is 59.0 Å². The minimum atomic E-state index is -0.189. The molecule has 164 valence electrons. The van der Waals surface area contributed by atoms with Crippen molar-refractivity contribution in [2.75, 3.05) is 18.2 Å². The number of anilines is 1. The first-order valence-electron chi connectivity index (χ1n) is 9.98. The number of hydrogen-bond donors (Lipinski definition) is 1. The molecule has 0 fully saturated rings. The second-order valence-corrected chi connectivity index (χ2v) is 8.41. The summed E-state index contributed by atoms with van der Waals surface area (Å²) in [5.74, 6) is 2.07. The molecule has 0 spiro atoms. The lowest BCUT2D eigenvalue weighted by Crippen LogP contribution is -2.14. The lowest BCUT2D eigenvalue weighted by molar-refractivity contribution is -0.113. The van der Waals surface area contributed by atoms with Crippen LogP contribution in [0.3, 0.4) is 0 Å². The van der Waals surface area contributed by atoms with Gasteiger partial charge in [-0.1, -0.05) is 43.8 Å². The molecular formula is C23H27N3O4S. The maximum absolute atomic E-state index is 12.3. The molecule has 0 bridgehead atoms. The van der Waals surface area contributed by atoms with E-state index in [2.05, 4.69) is 41.5 Å². The first-order valence-corrected chi connectivity index (χ1v) is 11.0. The standard InChI is InChI=1S/C23H27N3O4S/c1-14(2)17-8-6-16(4)11-20(17)29-12-22-25-26-23(30-22)31-13-21(27)24-18-10-15(3)7-9-19(18)28-5/h6-11,14H,12-13H2,1-5H3,(H,24,27). The summed E-state index contributed by atoms with van der Waals surface area (Å²) in [5.41, 5.74) is 3.91. The molecule has 7 nitrogen and oxygen atoms in total. The van der Waals surface area contributed by atoms with E-state index in [-0.39, 0.29) is 18.3 Å². The average Bonchev–Trinajstić information content (AvgIpc) is 3.19. The number of nitrogens with one attached hydrogen (secondary N) is 1. The van der Waals surface area contributed by atoms with E-state index >= 15 is 0 Å². The molecule has 0 radical (unpaired) electrons. The predicted octanol–water partition coefficient (Wildman–Crippen LogP) is 5.13. The van der Waals surface area contributed by atoms with Crippen molar-refractivity contribution in [1.82, 2.24) is 10.2 Å². The maximum Gasteiger partial charge on any atom is 0.277 e. The van der Waals surface area contributed by atoms with Gasteiger partial charge in [0, 0.05) is 0 Å². The van der Waals surface area contributed by atoms with Crippen molar-refractivity contribution in [1.29, 1.82) is 0 Å². The van der Waals surface area contributed by atoms with Crippen molar-refractivity contribution in [3.63, 3.8) is 0 Å². The van der Waals surface area contributed by atoms with Crippen LogP contribution in [0.2, 0.25) is 0 Å². The van der Waals surface area contributed by atoms with Crippen molar-refractivity contribution in [2.24, 2.45) is 0 Å². The Labute approximate surface area is 186 Å². The Morgan fingerprint density at radius 3 is 2.58 bits per heavy atom. The number of nitrogens with zero attached hydrogens (tertiary/aromatic N) is 2. The molecule has 31 heavy (non-hydrogen) atoms. The number of ether oxygens (including phenoxy) is 2. The predicted molar refractivity (Wildman–Crippen MR) is 121 cm³/mol. The van der Waals surface area contributed by atoms with E-state index in [9.17, 15) is 4.79 Å². The van der Waals surface area contributed by atoms with Gasteiger partial charge in [0.15, 0.2) is 6.61 Å². The fraction of sp³-hybridized carbons (Fsp3) is 0.348. The minimum absolute atomic E-state index is 0.134. The molecule has 1 amide bonds. The van der Waals surface area contributed by atoms with Gasteiger partial charge in [-0.05, 0) is 54.7 Å². The van der Waals surface area contributed by atoms with Crippen molar-refractivity contribution in [2.45, 2.75) is 45.4 Å². The van der Waals surface area contributed by atoms with Gasteiger partial charge < -0.3 is 19.2 Å². The van der Waals surface area contributed by atoms with Crippen LogP contribution in [0.25, 0.3) is 0 Å². The first-order chi connectivity index (χ1) is 14.9. The molecule has 1 heterocycles. The fourth-order valence-corrected chi connectivity index (χ4v) is 3.55. The second-order valence-electron chi connectivity index (χ2n) is 7.49. The lowest BCUT2D eigenvalue weighted by atomic mass is 10.0. The quantitative estimate of drug-likeness (QED) is 0.461. The third-order valence-electron chi connectivity index (χ3n) is 4.55. The SMILES string of the molecule is COc1ccc(C)cc1NC(=O)CSc1nnc(COc2cc(C)ccc2C(C)C)o1. The van der Waals surface area contributed by atoms with Crippen LogP contribution in [0, 0.1) is 13.8 Å². The van der Waals surface area contributed by atoms with Crippen LogP contribution in [0.4, 0.5) is 5.69 Å². The third kappa shape index (κ3) is 6.24. The monoisotopic (exact) mass is 441 g/mol. The molecule has 1 N–H and O–H groups in total. The largest absolute Gasteiger partial charge is 0.495 e. The summed E-state index contributed by atoms with van der Waals surface area (Å²) in [5, 5.41) is 11.2. The zero-order valence-electron chi connectivity index (χ0n) is 18.4. The van der Waals surface area contributed by atoms with Crippen molar-refractivity contribution in [3.8, 4) is 11.5 Å². The zero-order valence-corrected chi connectivity index (χ0v) is 19.2. The Hall–Kier alpha value is -3.00. The van der Waals surface area contributed by atoms with E-state index in [1.165, 1.54) is 11.8 Å². The van der Waals surface area contributed by atoms with E-state index in [0.29, 0.717) is 28.5 Å². The van der Waals surface area contributed by atoms with Crippen LogP contribution in [-0.4, -0.2) is 29.0 Å². The van der Waals surface area contributed by atoms with E-state index in [0.717, 1.165) is 22.4 Å². The normalized spacial score (nSPS) is 10.9. The van der Waals surface area contributed by atoms with Gasteiger partial charge in [-0.3, -0.25) is 4.79 Å². The highest BCUT2D eigenvalue weighted by molar-refractivity contribution is 7.99. The van der Waals surface area contributed by atoms with Gasteiger partial charge in [-0.25, -0.2) is 0 Å². The highest BCUT2D eigenvalue weighted by atomic mass is 32.2. The van der Waals surface area contributed by atoms with Crippen LogP contribution in [-0.2, 0) is 11.4 Å². The minimum Gasteiger partial charge on any atom is -0.495 e. The Bertz CT molecular complexity index is 1050. The molecule has 0 unspecified atom stereocenters. The number of amides is 1. The average molecular weight is 442 g/mol. The van der Waals surface area contributed by atoms with Crippen molar-refractivity contribution >= 4 is 23.4 Å². The zero-order chi connectivity index (χ0) is 22.4. The topological polar surface area (TPSA) is 86.5 Å². The molecule has 3 rings (SSSR count). The molecule has 0 aliphatic heterocycles. The van der Waals surface area contributed by atoms with Gasteiger partial charge in [0.1, 0.15) is 11.5 Å². The number of benzene rings is 2. The molecular weight excluding hydrogens is 414 g/mol. The van der Waals surface area contributed by atoms with Crippen LogP contribution < -0.4 is 14.8 Å². The van der Waals surface area contributed by atoms with Gasteiger partial charge >= 0.3 is 0 Å². The van der Waals surface area contributed by atoms with Crippen LogP contribution in [0.1, 0.15) is 42.3 Å². The number of methoxy groups -OCH3 is 1. The first kappa shape index (κ1) is 22.7. The highest BCUT2D eigenvalue weighted by Gasteiger charge is 2.14. The Balaban J connectivity index is 1.54. The molecule has 2 aromatic carbocycles. The van der Waals surface area contributed by atoms with Crippen LogP contribution in [0.15, 0.2) is 46.0 Å². The molecule has 0 saturated carbocycles. The van der Waals surface area contributed by atoms with E-state index in [1.807, 2.05) is 38.1 Å². The van der Waals surface area contributed by atoms with E-state index in [4.69, 9.17) is 13.9 Å². The second kappa shape index (κ2) is 10.3. The number of carbonyl (C=O) groups is 1. The smallest absolute Gasteiger partial charge is 0.277 e. The summed E-state index contributed by atoms with van der Waals surface area (Å²) in [6.45, 7) is 8.39. The maximum atomic E-state index is 12.3. The van der Waals surface area contributed by atoms with Gasteiger partial charge in [-0.15, -0.1) is 10.2 Å². The van der Waals surface area contributed by atoms with Gasteiger partial charge in [0.2, 0.25) is 5.91 Å². The number of aromatic nitrogens is 2. The molecule has 0 aliphatic carbocycles. The third-order valence-corrected chi connectivity index (χ3v) is 5.36. The summed E-state index contributed by atoms with van der Waals surface area (Å²) in [7, 11) is 1.57. The summed E-state index contributed by atoms with van der Waals surface area (Å²) in [4.78, 5) is 12.3. The molecule has 0 atom stereocenters. The summed E-state index contributed by atoms with van der Waals surface area (Å²) >= 11 is 1.17. The van der Waals surface area contributed by atoms with Gasteiger partial charge in [-0.2, -0.15) is 0 Å². The molecule has 3 aromatic rings. The molecule has 0 saturated heterocycles. The number of hydrogen-bond acceptors (Lipinski definition) is 7.